The van der Waals surface area contributed by atoms with Crippen molar-refractivity contribution in [2.24, 2.45) is 0 Å². The highest BCUT2D eigenvalue weighted by Gasteiger charge is 2.23. The van der Waals surface area contributed by atoms with Crippen LogP contribution in [0.5, 0.6) is 0 Å². The van der Waals surface area contributed by atoms with Crippen LogP contribution in [-0.4, -0.2) is 22.0 Å². The van der Waals surface area contributed by atoms with Gasteiger partial charge in [-0.2, -0.15) is 0 Å². The number of hydrogen-bond donors (Lipinski definition) is 3. The largest absolute Gasteiger partial charge is 0.478 e. The molecule has 0 aliphatic carbocycles. The second-order valence-corrected chi connectivity index (χ2v) is 7.05. The van der Waals surface area contributed by atoms with E-state index < -0.39 is 26.7 Å². The molecule has 0 aliphatic rings. The van der Waals surface area contributed by atoms with E-state index in [0.29, 0.717) is 18.5 Å². The number of carbonyl (C=O) groups is 1. The van der Waals surface area contributed by atoms with Crippen LogP contribution in [0.3, 0.4) is 0 Å². The quantitative estimate of drug-likeness (QED) is 0.383. The fourth-order valence-corrected chi connectivity index (χ4v) is 6.15. The molecule has 0 spiro atoms. The minimum absolute atomic E-state index is 0.115. The number of anilines is 2. The lowest BCUT2D eigenvalue weighted by Gasteiger charge is -2.14. The Labute approximate surface area is 135 Å². The molecule has 0 aromatic heterocycles. The molecule has 0 aliphatic heterocycles. The number of carbonyl (C=O) groups excluding carboxylic acids is 1. The van der Waals surface area contributed by atoms with Gasteiger partial charge >= 0.3 is 5.97 Å². The van der Waals surface area contributed by atoms with Gasteiger partial charge in [0.15, 0.2) is 3.88 Å². The molecule has 1 aromatic rings. The number of halogens is 3. The summed E-state index contributed by atoms with van der Waals surface area (Å²) in [6.07, 6.45) is 0. The number of nitrogens with one attached hydrogen (secondary N) is 1. The Balaban J connectivity index is 3.85. The van der Waals surface area contributed by atoms with E-state index in [1.807, 2.05) is 49.1 Å². The number of hydrogen-bond acceptors (Lipinski definition) is 4. The summed E-state index contributed by atoms with van der Waals surface area (Å²) in [5.41, 5.74) is 7.02. The lowest BCUT2D eigenvalue weighted by molar-refractivity contribution is 0.0694. The molecular formula is C9H7I3N2O3. The number of aromatic carboxylic acids is 1. The second kappa shape index (κ2) is 6.29. The smallest absolute Gasteiger partial charge is 0.338 e. The molecule has 5 nitrogen and oxygen atoms in total. The van der Waals surface area contributed by atoms with Crippen molar-refractivity contribution in [1.29, 1.82) is 0 Å². The maximum absolute atomic E-state index is 11.2. The fourth-order valence-electron chi connectivity index (χ4n) is 1.22. The molecule has 0 saturated carbocycles. The number of benzene rings is 1. The molecule has 0 fully saturated rings. The third-order valence-electron chi connectivity index (χ3n) is 1.95. The number of carboxylic acids is 1. The highest BCUT2D eigenvalue weighted by atomic mass is 127. The van der Waals surface area contributed by atoms with Crippen molar-refractivity contribution < 1.29 is 14.7 Å². The summed E-state index contributed by atoms with van der Waals surface area (Å²) in [4.78, 5) is 21.8. The number of nitrogens with two attached hydrogens (primary N) is 1. The molecule has 17 heavy (non-hydrogen) atoms. The first-order valence-electron chi connectivity index (χ1n) is 4.18. The molecule has 1 rings (SSSR count). The van der Waals surface area contributed by atoms with Crippen LogP contribution >= 0.6 is 65.9 Å². The Morgan fingerprint density at radius 2 is 2.06 bits per heavy atom. The van der Waals surface area contributed by atoms with Crippen LogP contribution in [0.4, 0.5) is 11.4 Å². The van der Waals surface area contributed by atoms with Gasteiger partial charge in [0.2, 0.25) is 0 Å². The van der Waals surface area contributed by atoms with Gasteiger partial charge in [0.05, 0.1) is 27.6 Å². The highest BCUT2D eigenvalue weighted by Crippen LogP contribution is 2.38. The topological polar surface area (TPSA) is 92.4 Å². The van der Waals surface area contributed by atoms with Gasteiger partial charge in [0, 0.05) is 27.8 Å². The van der Waals surface area contributed by atoms with Gasteiger partial charge in [0.1, 0.15) is 0 Å². The van der Waals surface area contributed by atoms with Crippen LogP contribution in [0.1, 0.15) is 10.4 Å². The summed E-state index contributed by atoms with van der Waals surface area (Å²) in [5, 5.41) is 12.1. The van der Waals surface area contributed by atoms with E-state index in [4.69, 9.17) is 5.73 Å². The van der Waals surface area contributed by atoms with Crippen LogP contribution in [0, 0.1) is 10.7 Å². The minimum Gasteiger partial charge on any atom is -0.478 e. The van der Waals surface area contributed by atoms with Crippen molar-refractivity contribution in [2.75, 3.05) is 18.1 Å². The van der Waals surface area contributed by atoms with E-state index in [-0.39, 0.29) is 5.56 Å². The maximum Gasteiger partial charge on any atom is 0.338 e. The average molecular weight is 572 g/mol. The van der Waals surface area contributed by atoms with Gasteiger partial charge in [-0.25, -0.2) is 9.59 Å². The van der Waals surface area contributed by atoms with Gasteiger partial charge in [-0.3, -0.25) is 0 Å². The van der Waals surface area contributed by atoms with Crippen molar-refractivity contribution in [1.82, 2.24) is 0 Å². The van der Waals surface area contributed by atoms with Crippen molar-refractivity contribution >= 4 is 87.1 Å². The number of carboxylic acid groups (broad SMARTS) is 1. The van der Waals surface area contributed by atoms with Crippen LogP contribution < -0.4 is 11.1 Å². The molecule has 1 aromatic carbocycles. The fraction of sp³-hybridized carbons (Fsp3) is 0.111. The molecular weight excluding hydrogens is 565 g/mol. The zero-order valence-corrected chi connectivity index (χ0v) is 14.9. The minimum atomic E-state index is -1.11. The Hall–Kier alpha value is 0.0600. The average Bonchev–Trinajstić information content (AvgIpc) is 2.27. The van der Waals surface area contributed by atoms with Gasteiger partial charge in [0.25, 0.3) is 0 Å². The van der Waals surface area contributed by atoms with Crippen LogP contribution in [0.2, 0.25) is 0 Å². The molecule has 92 valence electrons. The molecule has 8 heteroatoms. The van der Waals surface area contributed by atoms with E-state index >= 15 is 0 Å². The van der Waals surface area contributed by atoms with Crippen molar-refractivity contribution in [3.8, 4) is 0 Å². The molecule has 0 saturated heterocycles. The summed E-state index contributed by atoms with van der Waals surface area (Å²) in [6.45, 7) is 0. The van der Waals surface area contributed by atoms with E-state index in [1.165, 1.54) is 0 Å². The van der Waals surface area contributed by atoms with E-state index in [9.17, 15) is 14.7 Å². The molecule has 4 N–H and O–H groups in total. The monoisotopic (exact) mass is 572 g/mol. The Morgan fingerprint density at radius 1 is 1.47 bits per heavy atom. The van der Waals surface area contributed by atoms with E-state index in [2.05, 4.69) is 5.32 Å². The SMILES string of the molecule is CNc1c(I)c(N)c(I)c(C(=O)O)c1I=C=O. The summed E-state index contributed by atoms with van der Waals surface area (Å²) < 4.78 is 3.58. The van der Waals surface area contributed by atoms with E-state index in [0.717, 1.165) is 3.57 Å². The summed E-state index contributed by atoms with van der Waals surface area (Å²) >= 11 is 2.82. The maximum atomic E-state index is 11.2. The lowest BCUT2D eigenvalue weighted by Crippen LogP contribution is -2.11. The first-order chi connectivity index (χ1) is 7.95. The molecule has 0 heterocycles. The van der Waals surface area contributed by atoms with Crippen molar-refractivity contribution in [3.63, 3.8) is 0 Å². The third-order valence-corrected chi connectivity index (χ3v) is 6.03. The Kier molecular flexibility index (Phi) is 5.60. The number of rotatable bonds is 3. The Morgan fingerprint density at radius 3 is 2.47 bits per heavy atom. The van der Waals surface area contributed by atoms with Gasteiger partial charge in [-0.05, 0) is 45.2 Å². The number of nitrogen functional groups attached to an aromatic ring is 1. The first-order valence-corrected chi connectivity index (χ1v) is 8.49. The predicted molar refractivity (Wildman–Crippen MR) is 91.2 cm³/mol. The summed E-state index contributed by atoms with van der Waals surface area (Å²) in [6, 6.07) is 0. The molecule has 0 amide bonds. The molecule has 0 atom stereocenters. The lowest BCUT2D eigenvalue weighted by atomic mass is 10.2. The predicted octanol–water partition coefficient (Wildman–Crippen LogP) is 2.43. The normalized spacial score (nSPS) is 9.82. The summed E-state index contributed by atoms with van der Waals surface area (Å²) in [5.74, 6) is -1.07. The molecule has 0 unspecified atom stereocenters. The van der Waals surface area contributed by atoms with Crippen LogP contribution in [0.25, 0.3) is 0 Å². The molecule has 0 bridgehead atoms. The van der Waals surface area contributed by atoms with Gasteiger partial charge < -0.3 is 16.2 Å². The zero-order valence-electron chi connectivity index (χ0n) is 8.47. The van der Waals surface area contributed by atoms with Crippen LogP contribution in [0.15, 0.2) is 0 Å². The second-order valence-electron chi connectivity index (χ2n) is 2.83. The first kappa shape index (κ1) is 15.1. The highest BCUT2D eigenvalue weighted by molar-refractivity contribution is 14.2. The standard InChI is InChI=1S/C9H7I3N2O3/c1-14-8-5(11)7(13)4(10)3(9(16)17)6(8)12-2-15/h14H,13H2,1H3,(H,16,17). The van der Waals surface area contributed by atoms with Crippen LogP contribution in [-0.2, 0) is 4.79 Å². The van der Waals surface area contributed by atoms with Gasteiger partial charge in [-0.15, -0.1) is 0 Å². The van der Waals surface area contributed by atoms with Crippen molar-refractivity contribution in [2.45, 2.75) is 0 Å². The molecule has 0 radical (unpaired) electrons. The zero-order chi connectivity index (χ0) is 13.2. The Bertz CT molecular complexity index is 539. The third kappa shape index (κ3) is 2.90. The van der Waals surface area contributed by atoms with Gasteiger partial charge in [-0.1, -0.05) is 0 Å². The van der Waals surface area contributed by atoms with Crippen molar-refractivity contribution in [3.05, 3.63) is 16.3 Å². The van der Waals surface area contributed by atoms with E-state index in [1.54, 1.807) is 7.05 Å². The summed E-state index contributed by atoms with van der Waals surface area (Å²) in [7, 11) is 1.67.